The first-order valence-corrected chi connectivity index (χ1v) is 7.18. The number of anilines is 1. The molecule has 0 amide bonds. The quantitative estimate of drug-likeness (QED) is 0.866. The van der Waals surface area contributed by atoms with Gasteiger partial charge in [0, 0.05) is 11.3 Å². The van der Waals surface area contributed by atoms with E-state index in [1.165, 1.54) is 17.7 Å². The maximum atomic E-state index is 9.68. The Kier molecular flexibility index (Phi) is 3.09. The third kappa shape index (κ3) is 1.69. The minimum absolute atomic E-state index is 0.0253. The fourth-order valence-electron chi connectivity index (χ4n) is 2.71. The average Bonchev–Trinajstić information content (AvgIpc) is 3.01. The van der Waals surface area contributed by atoms with E-state index in [1.54, 1.807) is 0 Å². The minimum atomic E-state index is -1.07. The molecule has 1 aliphatic rings. The summed E-state index contributed by atoms with van der Waals surface area (Å²) in [5.74, 6) is 0.373. The number of ether oxygens (including phenoxy) is 1. The molecule has 0 unspecified atom stereocenters. The Balaban J connectivity index is 2.18. The van der Waals surface area contributed by atoms with E-state index < -0.39 is 5.60 Å². The molecule has 104 valence electrons. The van der Waals surface area contributed by atoms with Gasteiger partial charge < -0.3 is 15.6 Å². The summed E-state index contributed by atoms with van der Waals surface area (Å²) in [5.41, 5.74) is 5.43. The zero-order valence-corrected chi connectivity index (χ0v) is 11.7. The summed E-state index contributed by atoms with van der Waals surface area (Å²) in [6, 6.07) is 2.28. The molecule has 1 saturated heterocycles. The highest BCUT2D eigenvalue weighted by molar-refractivity contribution is 7.11. The van der Waals surface area contributed by atoms with Crippen molar-refractivity contribution in [3.8, 4) is 6.07 Å². The van der Waals surface area contributed by atoms with Gasteiger partial charge >= 0.3 is 0 Å². The van der Waals surface area contributed by atoms with Crippen molar-refractivity contribution in [2.24, 2.45) is 5.92 Å². The van der Waals surface area contributed by atoms with Gasteiger partial charge in [0.1, 0.15) is 18.2 Å². The van der Waals surface area contributed by atoms with Crippen LogP contribution >= 0.6 is 11.3 Å². The summed E-state index contributed by atoms with van der Waals surface area (Å²) in [6.45, 7) is 1.86. The second-order valence-electron chi connectivity index (χ2n) is 4.99. The molecule has 3 heterocycles. The number of nitrogens with zero attached hydrogens (tertiary/aromatic N) is 3. The van der Waals surface area contributed by atoms with Crippen molar-refractivity contribution in [2.45, 2.75) is 25.0 Å². The van der Waals surface area contributed by atoms with Crippen LogP contribution in [0.2, 0.25) is 0 Å². The van der Waals surface area contributed by atoms with Gasteiger partial charge in [0.2, 0.25) is 0 Å². The van der Waals surface area contributed by atoms with Gasteiger partial charge in [0.25, 0.3) is 0 Å². The number of rotatable bonds is 2. The molecule has 1 aliphatic heterocycles. The Morgan fingerprint density at radius 1 is 1.65 bits per heavy atom. The number of thiophene rings is 1. The zero-order valence-electron chi connectivity index (χ0n) is 10.9. The fraction of sp³-hybridized carbons (Fsp3) is 0.462. The van der Waals surface area contributed by atoms with E-state index in [0.29, 0.717) is 17.8 Å². The Labute approximate surface area is 119 Å². The average molecular weight is 290 g/mol. The van der Waals surface area contributed by atoms with Crippen LogP contribution < -0.4 is 5.73 Å². The molecule has 6 nitrogen and oxygen atoms in total. The molecule has 3 atom stereocenters. The molecule has 2 aromatic rings. The van der Waals surface area contributed by atoms with Crippen LogP contribution in [0.4, 0.5) is 5.82 Å². The molecule has 0 bridgehead atoms. The highest BCUT2D eigenvalue weighted by Crippen LogP contribution is 2.48. The highest BCUT2D eigenvalue weighted by Gasteiger charge is 2.50. The normalized spacial score (nSPS) is 29.6. The first kappa shape index (κ1) is 13.2. The molecule has 1 fully saturated rings. The fourth-order valence-corrected chi connectivity index (χ4v) is 3.92. The van der Waals surface area contributed by atoms with Gasteiger partial charge in [0.15, 0.2) is 5.60 Å². The van der Waals surface area contributed by atoms with Crippen LogP contribution in [0.3, 0.4) is 0 Å². The van der Waals surface area contributed by atoms with Crippen molar-refractivity contribution >= 4 is 28.1 Å². The van der Waals surface area contributed by atoms with Gasteiger partial charge in [-0.3, -0.25) is 0 Å². The minimum Gasteiger partial charge on any atom is -0.394 e. The van der Waals surface area contributed by atoms with Gasteiger partial charge in [-0.15, -0.1) is 11.3 Å². The third-order valence-electron chi connectivity index (χ3n) is 3.79. The lowest BCUT2D eigenvalue weighted by Gasteiger charge is -2.24. The molecule has 0 aliphatic carbocycles. The molecule has 2 aromatic heterocycles. The summed E-state index contributed by atoms with van der Waals surface area (Å²) in [4.78, 5) is 8.95. The molecule has 7 heteroatoms. The lowest BCUT2D eigenvalue weighted by atomic mass is 9.87. The molecule has 20 heavy (non-hydrogen) atoms. The van der Waals surface area contributed by atoms with Crippen molar-refractivity contribution in [1.29, 1.82) is 5.26 Å². The summed E-state index contributed by atoms with van der Waals surface area (Å²) in [7, 11) is 0. The highest BCUT2D eigenvalue weighted by atomic mass is 32.1. The molecule has 0 radical (unpaired) electrons. The maximum Gasteiger partial charge on any atom is 0.193 e. The largest absolute Gasteiger partial charge is 0.394 e. The lowest BCUT2D eigenvalue weighted by molar-refractivity contribution is -0.0365. The maximum absolute atomic E-state index is 9.68. The number of nitrogen functional groups attached to an aromatic ring is 1. The summed E-state index contributed by atoms with van der Waals surface area (Å²) in [5, 5.41) is 21.6. The Morgan fingerprint density at radius 3 is 3.10 bits per heavy atom. The molecule has 3 N–H and O–H groups in total. The number of hydrogen-bond acceptors (Lipinski definition) is 7. The number of aliphatic hydroxyl groups excluding tert-OH is 1. The smallest absolute Gasteiger partial charge is 0.193 e. The van der Waals surface area contributed by atoms with E-state index in [2.05, 4.69) is 16.0 Å². The van der Waals surface area contributed by atoms with Crippen molar-refractivity contribution in [2.75, 3.05) is 12.3 Å². The first-order chi connectivity index (χ1) is 9.62. The third-order valence-corrected chi connectivity index (χ3v) is 4.88. The van der Waals surface area contributed by atoms with Crippen LogP contribution in [0.1, 0.15) is 18.2 Å². The molecule has 0 spiro atoms. The van der Waals surface area contributed by atoms with E-state index in [4.69, 9.17) is 10.5 Å². The molecular weight excluding hydrogens is 276 g/mol. The van der Waals surface area contributed by atoms with Crippen molar-refractivity contribution in [3.05, 3.63) is 16.6 Å². The summed E-state index contributed by atoms with van der Waals surface area (Å²) < 4.78 is 5.85. The number of aromatic nitrogens is 2. The van der Waals surface area contributed by atoms with Crippen LogP contribution in [0.15, 0.2) is 11.7 Å². The monoisotopic (exact) mass is 290 g/mol. The number of aliphatic hydroxyl groups is 1. The van der Waals surface area contributed by atoms with Crippen molar-refractivity contribution < 1.29 is 9.84 Å². The standard InChI is InChI=1S/C13H14N4O2S/c1-7-2-8(3-18)19-13(7,5-14)11-10-9(4-20-11)12(15)17-6-16-10/h4,6-8,18H,2-3H2,1H3,(H2,15,16,17)/t7-,8-,13+/m0/s1. The van der Waals surface area contributed by atoms with Crippen LogP contribution in [-0.2, 0) is 10.3 Å². The predicted octanol–water partition coefficient (Wildman–Crippen LogP) is 1.41. The molecule has 0 aromatic carbocycles. The van der Waals surface area contributed by atoms with Crippen molar-refractivity contribution in [3.63, 3.8) is 0 Å². The topological polar surface area (TPSA) is 105 Å². The number of hydrogen-bond donors (Lipinski definition) is 2. The van der Waals surface area contributed by atoms with Gasteiger partial charge in [-0.2, -0.15) is 5.26 Å². The Hall–Kier alpha value is -1.75. The van der Waals surface area contributed by atoms with Gasteiger partial charge in [-0.05, 0) is 6.42 Å². The molecule has 3 rings (SSSR count). The Morgan fingerprint density at radius 2 is 2.45 bits per heavy atom. The number of fused-ring (bicyclic) bond motifs is 1. The molecular formula is C13H14N4O2S. The van der Waals surface area contributed by atoms with Crippen LogP contribution in [0, 0.1) is 17.2 Å². The summed E-state index contributed by atoms with van der Waals surface area (Å²) in [6.07, 6.45) is 1.72. The Bertz CT molecular complexity index is 695. The lowest BCUT2D eigenvalue weighted by Crippen LogP contribution is -2.29. The van der Waals surface area contributed by atoms with Crippen LogP contribution in [0.5, 0.6) is 0 Å². The van der Waals surface area contributed by atoms with E-state index in [9.17, 15) is 10.4 Å². The molecule has 0 saturated carbocycles. The van der Waals surface area contributed by atoms with Crippen LogP contribution in [-0.4, -0.2) is 27.8 Å². The van der Waals surface area contributed by atoms with E-state index in [0.717, 1.165) is 10.3 Å². The van der Waals surface area contributed by atoms with E-state index >= 15 is 0 Å². The van der Waals surface area contributed by atoms with Gasteiger partial charge in [-0.25, -0.2) is 9.97 Å². The second-order valence-corrected chi connectivity index (χ2v) is 5.87. The van der Waals surface area contributed by atoms with Crippen LogP contribution in [0.25, 0.3) is 10.9 Å². The van der Waals surface area contributed by atoms with Crippen molar-refractivity contribution in [1.82, 2.24) is 9.97 Å². The number of nitriles is 1. The van der Waals surface area contributed by atoms with E-state index in [1.807, 2.05) is 12.3 Å². The van der Waals surface area contributed by atoms with Gasteiger partial charge in [0.05, 0.1) is 28.5 Å². The van der Waals surface area contributed by atoms with Gasteiger partial charge in [-0.1, -0.05) is 6.92 Å². The first-order valence-electron chi connectivity index (χ1n) is 6.30. The predicted molar refractivity (Wildman–Crippen MR) is 74.9 cm³/mol. The SMILES string of the molecule is C[C@H]1C[C@@H](CO)O[C@@]1(C#N)c1scc2c(N)ncnc12. The summed E-state index contributed by atoms with van der Waals surface area (Å²) >= 11 is 1.40. The number of nitrogens with two attached hydrogens (primary N) is 1. The zero-order chi connectivity index (χ0) is 14.3. The van der Waals surface area contributed by atoms with E-state index in [-0.39, 0.29) is 18.6 Å². The second kappa shape index (κ2) is 4.66.